The summed E-state index contributed by atoms with van der Waals surface area (Å²) in [5.41, 5.74) is 0. The van der Waals surface area contributed by atoms with Gasteiger partial charge < -0.3 is 9.47 Å². The molecular formula is C11H16N4OS. The molecule has 0 spiro atoms. The Morgan fingerprint density at radius 3 is 3.06 bits per heavy atom. The van der Waals surface area contributed by atoms with E-state index in [0.29, 0.717) is 25.1 Å². The third-order valence-electron chi connectivity index (χ3n) is 2.31. The number of aromatic nitrogens is 2. The van der Waals surface area contributed by atoms with Gasteiger partial charge in [-0.25, -0.2) is 4.98 Å². The van der Waals surface area contributed by atoms with Crippen molar-refractivity contribution < 1.29 is 4.79 Å². The minimum Gasteiger partial charge on any atom is -0.345 e. The molecule has 6 heteroatoms. The molecule has 0 saturated carbocycles. The molecule has 1 heterocycles. The molecule has 0 fully saturated rings. The predicted molar refractivity (Wildman–Crippen MR) is 66.4 cm³/mol. The summed E-state index contributed by atoms with van der Waals surface area (Å²) >= 11 is 1.56. The maximum absolute atomic E-state index is 11.6. The quantitative estimate of drug-likeness (QED) is 0.715. The van der Waals surface area contributed by atoms with E-state index in [9.17, 15) is 4.79 Å². The summed E-state index contributed by atoms with van der Waals surface area (Å²) < 4.78 is 1.93. The fourth-order valence-corrected chi connectivity index (χ4v) is 2.11. The molecular weight excluding hydrogens is 236 g/mol. The van der Waals surface area contributed by atoms with Crippen LogP contribution in [0.15, 0.2) is 17.6 Å². The molecule has 5 nitrogen and oxygen atoms in total. The van der Waals surface area contributed by atoms with Crippen LogP contribution in [0, 0.1) is 11.3 Å². The lowest BCUT2D eigenvalue weighted by atomic mass is 10.3. The Kier molecular flexibility index (Phi) is 5.57. The largest absolute Gasteiger partial charge is 0.345 e. The third kappa shape index (κ3) is 4.49. The lowest BCUT2D eigenvalue weighted by Crippen LogP contribution is -2.27. The third-order valence-corrected chi connectivity index (χ3v) is 3.37. The van der Waals surface area contributed by atoms with E-state index >= 15 is 0 Å². The highest BCUT2D eigenvalue weighted by Gasteiger charge is 2.09. The van der Waals surface area contributed by atoms with Gasteiger partial charge in [0.25, 0.3) is 0 Å². The highest BCUT2D eigenvalue weighted by molar-refractivity contribution is 7.99. The number of carbonyl (C=O) groups is 1. The van der Waals surface area contributed by atoms with Gasteiger partial charge in [-0.1, -0.05) is 11.8 Å². The molecule has 0 aliphatic carbocycles. The summed E-state index contributed by atoms with van der Waals surface area (Å²) in [4.78, 5) is 17.4. The van der Waals surface area contributed by atoms with Gasteiger partial charge in [0.15, 0.2) is 5.16 Å². The van der Waals surface area contributed by atoms with Crippen LogP contribution < -0.4 is 0 Å². The summed E-state index contributed by atoms with van der Waals surface area (Å²) in [7, 11) is 3.65. The standard InChI is InChI=1S/C11H16N4OS/c1-14(7-3-5-12)10(16)4-9-17-11-13-6-8-15(11)2/h6,8H,3-4,7,9H2,1-2H3. The van der Waals surface area contributed by atoms with Crippen LogP contribution in [0.5, 0.6) is 0 Å². The summed E-state index contributed by atoms with van der Waals surface area (Å²) in [5.74, 6) is 0.780. The number of hydrogen-bond donors (Lipinski definition) is 0. The molecule has 1 rings (SSSR count). The number of thioether (sulfide) groups is 1. The second-order valence-corrected chi connectivity index (χ2v) is 4.70. The first kappa shape index (κ1) is 13.6. The summed E-state index contributed by atoms with van der Waals surface area (Å²) in [6.45, 7) is 0.502. The Hall–Kier alpha value is -1.48. The van der Waals surface area contributed by atoms with Crippen molar-refractivity contribution in [3.05, 3.63) is 12.4 Å². The van der Waals surface area contributed by atoms with E-state index in [2.05, 4.69) is 4.98 Å². The second-order valence-electron chi connectivity index (χ2n) is 3.64. The summed E-state index contributed by atoms with van der Waals surface area (Å²) in [5, 5.41) is 9.34. The van der Waals surface area contributed by atoms with Gasteiger partial charge in [0.05, 0.1) is 12.5 Å². The van der Waals surface area contributed by atoms with Crippen LogP contribution in [0.3, 0.4) is 0 Å². The minimum absolute atomic E-state index is 0.0713. The van der Waals surface area contributed by atoms with E-state index in [4.69, 9.17) is 5.26 Å². The van der Waals surface area contributed by atoms with E-state index < -0.39 is 0 Å². The lowest BCUT2D eigenvalue weighted by molar-refractivity contribution is -0.129. The summed E-state index contributed by atoms with van der Waals surface area (Å²) in [6, 6.07) is 2.03. The minimum atomic E-state index is 0.0713. The molecule has 1 aromatic rings. The van der Waals surface area contributed by atoms with Crippen molar-refractivity contribution in [2.45, 2.75) is 18.0 Å². The Bertz CT molecular complexity index is 410. The van der Waals surface area contributed by atoms with Gasteiger partial charge in [-0.2, -0.15) is 5.26 Å². The Morgan fingerprint density at radius 2 is 2.47 bits per heavy atom. The number of aryl methyl sites for hydroxylation is 1. The number of imidazole rings is 1. The fourth-order valence-electron chi connectivity index (χ4n) is 1.25. The van der Waals surface area contributed by atoms with Gasteiger partial charge in [-0.3, -0.25) is 4.79 Å². The fraction of sp³-hybridized carbons (Fsp3) is 0.545. The molecule has 0 radical (unpaired) electrons. The van der Waals surface area contributed by atoms with Crippen LogP contribution in [-0.2, 0) is 11.8 Å². The van der Waals surface area contributed by atoms with Crippen LogP contribution in [0.1, 0.15) is 12.8 Å². The van der Waals surface area contributed by atoms with Crippen molar-refractivity contribution in [1.29, 1.82) is 5.26 Å². The van der Waals surface area contributed by atoms with E-state index in [0.717, 1.165) is 5.16 Å². The molecule has 0 N–H and O–H groups in total. The van der Waals surface area contributed by atoms with Gasteiger partial charge in [0.2, 0.25) is 5.91 Å². The summed E-state index contributed by atoms with van der Waals surface area (Å²) in [6.07, 6.45) is 4.47. The van der Waals surface area contributed by atoms with Crippen molar-refractivity contribution >= 4 is 17.7 Å². The van der Waals surface area contributed by atoms with Crippen LogP contribution >= 0.6 is 11.8 Å². The highest BCUT2D eigenvalue weighted by Crippen LogP contribution is 2.15. The van der Waals surface area contributed by atoms with E-state index in [-0.39, 0.29) is 5.91 Å². The van der Waals surface area contributed by atoms with Crippen LogP contribution in [-0.4, -0.2) is 39.7 Å². The zero-order chi connectivity index (χ0) is 12.7. The number of nitriles is 1. The zero-order valence-electron chi connectivity index (χ0n) is 10.1. The maximum Gasteiger partial charge on any atom is 0.223 e. The molecule has 0 aromatic carbocycles. The van der Waals surface area contributed by atoms with Crippen LogP contribution in [0.4, 0.5) is 0 Å². The molecule has 92 valence electrons. The van der Waals surface area contributed by atoms with Crippen molar-refractivity contribution in [2.24, 2.45) is 7.05 Å². The first-order chi connectivity index (χ1) is 8.15. The van der Waals surface area contributed by atoms with Gasteiger partial charge in [-0.15, -0.1) is 0 Å². The molecule has 1 amide bonds. The predicted octanol–water partition coefficient (Wildman–Crippen LogP) is 1.27. The molecule has 1 aromatic heterocycles. The number of carbonyl (C=O) groups excluding carboxylic acids is 1. The number of hydrogen-bond acceptors (Lipinski definition) is 4. The lowest BCUT2D eigenvalue weighted by Gasteiger charge is -2.14. The van der Waals surface area contributed by atoms with Crippen molar-refractivity contribution in [3.8, 4) is 6.07 Å². The van der Waals surface area contributed by atoms with Gasteiger partial charge >= 0.3 is 0 Å². The number of nitrogens with zero attached hydrogens (tertiary/aromatic N) is 4. The SMILES string of the molecule is CN(CCC#N)C(=O)CCSc1nccn1C. The van der Waals surface area contributed by atoms with E-state index in [1.807, 2.05) is 23.9 Å². The van der Waals surface area contributed by atoms with E-state index in [1.54, 1.807) is 29.9 Å². The smallest absolute Gasteiger partial charge is 0.223 e. The topological polar surface area (TPSA) is 61.9 Å². The maximum atomic E-state index is 11.6. The number of amides is 1. The van der Waals surface area contributed by atoms with Crippen molar-refractivity contribution in [3.63, 3.8) is 0 Å². The molecule has 0 atom stereocenters. The molecule has 0 aliphatic heterocycles. The number of rotatable bonds is 6. The Balaban J connectivity index is 2.25. The van der Waals surface area contributed by atoms with Gasteiger partial charge in [0, 0.05) is 45.2 Å². The molecule has 0 bridgehead atoms. The zero-order valence-corrected chi connectivity index (χ0v) is 10.9. The van der Waals surface area contributed by atoms with Gasteiger partial charge in [-0.05, 0) is 0 Å². The van der Waals surface area contributed by atoms with Crippen molar-refractivity contribution in [2.75, 3.05) is 19.3 Å². The first-order valence-corrected chi connectivity index (χ1v) is 6.34. The Morgan fingerprint density at radius 1 is 1.71 bits per heavy atom. The average Bonchev–Trinajstić information content (AvgIpc) is 2.72. The van der Waals surface area contributed by atoms with Gasteiger partial charge in [0.1, 0.15) is 0 Å². The Labute approximate surface area is 105 Å². The molecule has 0 unspecified atom stereocenters. The van der Waals surface area contributed by atoms with Crippen LogP contribution in [0.25, 0.3) is 0 Å². The average molecular weight is 252 g/mol. The van der Waals surface area contributed by atoms with Crippen LogP contribution in [0.2, 0.25) is 0 Å². The molecule has 0 aliphatic rings. The monoisotopic (exact) mass is 252 g/mol. The first-order valence-electron chi connectivity index (χ1n) is 5.36. The van der Waals surface area contributed by atoms with Crippen molar-refractivity contribution in [1.82, 2.24) is 14.5 Å². The molecule has 17 heavy (non-hydrogen) atoms. The van der Waals surface area contributed by atoms with E-state index in [1.165, 1.54) is 0 Å². The normalized spacial score (nSPS) is 9.94. The highest BCUT2D eigenvalue weighted by atomic mass is 32.2. The molecule has 0 saturated heterocycles. The second kappa shape index (κ2) is 6.97.